The number of esters is 2. The van der Waals surface area contributed by atoms with Gasteiger partial charge in [0.2, 0.25) is 0 Å². The summed E-state index contributed by atoms with van der Waals surface area (Å²) < 4.78 is 11.8. The van der Waals surface area contributed by atoms with Crippen LogP contribution in [0.1, 0.15) is 292 Å². The molecule has 1 atom stereocenters. The summed E-state index contributed by atoms with van der Waals surface area (Å²) in [7, 11) is 2.13. The fraction of sp³-hybridized carbons (Fsp3) is 0.963. The number of hydrogen-bond donors (Lipinski definition) is 0. The molecular weight excluding hydrogens is 727 g/mol. The number of carbonyl (C=O) groups is 2. The van der Waals surface area contributed by atoms with Gasteiger partial charge in [-0.1, -0.05) is 220 Å². The molecular formula is C54H107NO4. The minimum atomic E-state index is -0.00214. The Labute approximate surface area is 370 Å². The van der Waals surface area contributed by atoms with Crippen LogP contribution >= 0.6 is 0 Å². The van der Waals surface area contributed by atoms with Crippen LogP contribution in [-0.2, 0) is 19.1 Å². The second kappa shape index (κ2) is 44.9. The standard InChI is InChI=1S/C54H107NO4/c1-8-12-28-37-50(38-29-13-9-2)41-32-24-20-17-16-18-21-25-33-42-52(59-54(57)45-36-47-55(7)49(5)6)43-34-26-22-19-23-27-35-44-53(56)58-48-46-51(39-30-14-10-3)40-31-15-11-4/h49-52H,8-48H2,1-7H3. The zero-order valence-corrected chi connectivity index (χ0v) is 41.4. The van der Waals surface area contributed by atoms with Crippen LogP contribution in [-0.4, -0.2) is 49.2 Å². The van der Waals surface area contributed by atoms with Crippen molar-refractivity contribution in [3.05, 3.63) is 0 Å². The first kappa shape index (κ1) is 57.9. The van der Waals surface area contributed by atoms with Crippen LogP contribution in [0.25, 0.3) is 0 Å². The molecule has 0 radical (unpaired) electrons. The van der Waals surface area contributed by atoms with Crippen LogP contribution in [0.3, 0.4) is 0 Å². The molecule has 0 bridgehead atoms. The van der Waals surface area contributed by atoms with E-state index in [1.807, 2.05) is 0 Å². The highest BCUT2D eigenvalue weighted by Gasteiger charge is 2.16. The zero-order chi connectivity index (χ0) is 43.4. The minimum Gasteiger partial charge on any atom is -0.466 e. The second-order valence-electron chi connectivity index (χ2n) is 19.3. The van der Waals surface area contributed by atoms with E-state index in [9.17, 15) is 9.59 Å². The predicted molar refractivity (Wildman–Crippen MR) is 258 cm³/mol. The van der Waals surface area contributed by atoms with E-state index in [0.29, 0.717) is 31.4 Å². The van der Waals surface area contributed by atoms with Gasteiger partial charge in [0.1, 0.15) is 6.10 Å². The molecule has 0 spiro atoms. The maximum atomic E-state index is 12.8. The molecule has 352 valence electrons. The lowest BCUT2D eigenvalue weighted by molar-refractivity contribution is -0.150. The SMILES string of the molecule is CCCCCC(CCCCC)CCCCCCCCCCCC(CCCCCCCCCC(=O)OCCC(CCCCC)CCCCC)OC(=O)CCCN(C)C(C)C. The Morgan fingerprint density at radius 1 is 0.407 bits per heavy atom. The van der Waals surface area contributed by atoms with Crippen molar-refractivity contribution in [1.82, 2.24) is 4.90 Å². The first-order valence-corrected chi connectivity index (χ1v) is 26.8. The summed E-state index contributed by atoms with van der Waals surface area (Å²) in [6.45, 7) is 15.1. The summed E-state index contributed by atoms with van der Waals surface area (Å²) in [6, 6.07) is 0.501. The molecule has 0 aromatic rings. The molecule has 5 nitrogen and oxygen atoms in total. The van der Waals surface area contributed by atoms with Gasteiger partial charge in [0.15, 0.2) is 0 Å². The van der Waals surface area contributed by atoms with Crippen molar-refractivity contribution in [2.45, 2.75) is 304 Å². The highest BCUT2D eigenvalue weighted by molar-refractivity contribution is 5.69. The fourth-order valence-electron chi connectivity index (χ4n) is 8.82. The number of rotatable bonds is 47. The van der Waals surface area contributed by atoms with E-state index in [4.69, 9.17) is 9.47 Å². The van der Waals surface area contributed by atoms with Gasteiger partial charge >= 0.3 is 11.9 Å². The van der Waals surface area contributed by atoms with Gasteiger partial charge in [0.25, 0.3) is 0 Å². The number of unbranched alkanes of at least 4 members (excludes halogenated alkanes) is 22. The van der Waals surface area contributed by atoms with Crippen molar-refractivity contribution in [2.24, 2.45) is 11.8 Å². The molecule has 1 unspecified atom stereocenters. The third-order valence-electron chi connectivity index (χ3n) is 13.3. The first-order chi connectivity index (χ1) is 28.8. The van der Waals surface area contributed by atoms with Crippen LogP contribution in [0.2, 0.25) is 0 Å². The van der Waals surface area contributed by atoms with Crippen molar-refractivity contribution in [2.75, 3.05) is 20.2 Å². The monoisotopic (exact) mass is 834 g/mol. The zero-order valence-electron chi connectivity index (χ0n) is 41.4. The van der Waals surface area contributed by atoms with E-state index in [1.165, 1.54) is 193 Å². The summed E-state index contributed by atoms with van der Waals surface area (Å²) in [4.78, 5) is 27.5. The molecule has 0 saturated carbocycles. The Bertz CT molecular complexity index is 856. The summed E-state index contributed by atoms with van der Waals surface area (Å²) >= 11 is 0. The molecule has 0 rings (SSSR count). The van der Waals surface area contributed by atoms with E-state index in [-0.39, 0.29) is 18.0 Å². The summed E-state index contributed by atoms with van der Waals surface area (Å²) in [5, 5.41) is 0. The van der Waals surface area contributed by atoms with Crippen LogP contribution in [0, 0.1) is 11.8 Å². The lowest BCUT2D eigenvalue weighted by Crippen LogP contribution is -2.28. The van der Waals surface area contributed by atoms with Crippen molar-refractivity contribution in [1.29, 1.82) is 0 Å². The van der Waals surface area contributed by atoms with Crippen LogP contribution in [0.5, 0.6) is 0 Å². The van der Waals surface area contributed by atoms with Gasteiger partial charge in [-0.05, 0) is 84.2 Å². The van der Waals surface area contributed by atoms with Crippen molar-refractivity contribution in [3.8, 4) is 0 Å². The van der Waals surface area contributed by atoms with Crippen LogP contribution in [0.15, 0.2) is 0 Å². The Balaban J connectivity index is 4.30. The maximum absolute atomic E-state index is 12.8. The molecule has 0 aliphatic carbocycles. The highest BCUT2D eigenvalue weighted by atomic mass is 16.5. The van der Waals surface area contributed by atoms with Crippen molar-refractivity contribution < 1.29 is 19.1 Å². The van der Waals surface area contributed by atoms with Gasteiger partial charge in [-0.15, -0.1) is 0 Å². The molecule has 0 aromatic heterocycles. The third kappa shape index (κ3) is 40.7. The molecule has 0 aromatic carbocycles. The van der Waals surface area contributed by atoms with E-state index in [1.54, 1.807) is 0 Å². The van der Waals surface area contributed by atoms with Gasteiger partial charge in [0.05, 0.1) is 6.61 Å². The number of ether oxygens (including phenoxy) is 2. The molecule has 59 heavy (non-hydrogen) atoms. The summed E-state index contributed by atoms with van der Waals surface area (Å²) in [6.07, 6.45) is 48.4. The average molecular weight is 834 g/mol. The maximum Gasteiger partial charge on any atom is 0.306 e. The lowest BCUT2D eigenvalue weighted by atomic mass is 9.90. The predicted octanol–water partition coefficient (Wildman–Crippen LogP) is 17.3. The molecule has 0 aliphatic rings. The van der Waals surface area contributed by atoms with E-state index in [2.05, 4.69) is 53.5 Å². The fourth-order valence-corrected chi connectivity index (χ4v) is 8.82. The van der Waals surface area contributed by atoms with Gasteiger partial charge in [-0.3, -0.25) is 9.59 Å². The Morgan fingerprint density at radius 2 is 0.746 bits per heavy atom. The minimum absolute atomic E-state index is 0.00141. The molecule has 0 aliphatic heterocycles. The van der Waals surface area contributed by atoms with E-state index >= 15 is 0 Å². The average Bonchev–Trinajstić information content (AvgIpc) is 3.21. The Morgan fingerprint density at radius 3 is 1.15 bits per heavy atom. The molecule has 0 fully saturated rings. The van der Waals surface area contributed by atoms with E-state index in [0.717, 1.165) is 57.4 Å². The van der Waals surface area contributed by atoms with Crippen LogP contribution in [0.4, 0.5) is 0 Å². The van der Waals surface area contributed by atoms with Gasteiger partial charge in [-0.25, -0.2) is 0 Å². The molecule has 5 heteroatoms. The number of hydrogen-bond acceptors (Lipinski definition) is 5. The van der Waals surface area contributed by atoms with Gasteiger partial charge in [-0.2, -0.15) is 0 Å². The topological polar surface area (TPSA) is 55.8 Å². The highest BCUT2D eigenvalue weighted by Crippen LogP contribution is 2.25. The largest absolute Gasteiger partial charge is 0.466 e. The number of nitrogens with zero attached hydrogens (tertiary/aromatic N) is 1. The Hall–Kier alpha value is -1.10. The normalized spacial score (nSPS) is 12.4. The van der Waals surface area contributed by atoms with Crippen LogP contribution < -0.4 is 0 Å². The Kier molecular flexibility index (Phi) is 44.1. The van der Waals surface area contributed by atoms with Crippen molar-refractivity contribution in [3.63, 3.8) is 0 Å². The van der Waals surface area contributed by atoms with Crippen molar-refractivity contribution >= 4 is 11.9 Å². The van der Waals surface area contributed by atoms with Gasteiger partial charge in [0, 0.05) is 18.9 Å². The smallest absolute Gasteiger partial charge is 0.306 e. The first-order valence-electron chi connectivity index (χ1n) is 26.8. The quantitative estimate of drug-likeness (QED) is 0.0452. The number of carbonyl (C=O) groups excluding carboxylic acids is 2. The van der Waals surface area contributed by atoms with E-state index < -0.39 is 0 Å². The van der Waals surface area contributed by atoms with Gasteiger partial charge < -0.3 is 14.4 Å². The summed E-state index contributed by atoms with van der Waals surface area (Å²) in [5.41, 5.74) is 0. The lowest BCUT2D eigenvalue weighted by Gasteiger charge is -2.21. The molecule has 0 heterocycles. The summed E-state index contributed by atoms with van der Waals surface area (Å²) in [5.74, 6) is 1.69. The second-order valence-corrected chi connectivity index (χ2v) is 19.3. The molecule has 0 N–H and O–H groups in total. The molecule has 0 amide bonds. The molecule has 0 saturated heterocycles. The third-order valence-corrected chi connectivity index (χ3v) is 13.3.